The van der Waals surface area contributed by atoms with Gasteiger partial charge in [0.2, 0.25) is 0 Å². The Labute approximate surface area is 136 Å². The number of halogens is 2. The summed E-state index contributed by atoms with van der Waals surface area (Å²) >= 11 is 4.61. The molecule has 0 saturated heterocycles. The molecule has 2 aromatic rings. The van der Waals surface area contributed by atoms with Gasteiger partial charge in [0.15, 0.2) is 5.78 Å². The lowest BCUT2D eigenvalue weighted by Crippen LogP contribution is -2.16. The van der Waals surface area contributed by atoms with E-state index in [1.54, 1.807) is 6.08 Å². The average molecular weight is 365 g/mol. The smallest absolute Gasteiger partial charge is 0.176 e. The normalized spacial score (nSPS) is 11.9. The molecule has 0 aliphatic carbocycles. The molecule has 0 N–H and O–H groups in total. The molecule has 21 heavy (non-hydrogen) atoms. The first kappa shape index (κ1) is 16.0. The largest absolute Gasteiger partial charge is 0.293 e. The third-order valence-electron chi connectivity index (χ3n) is 2.90. The predicted octanol–water partition coefficient (Wildman–Crippen LogP) is 5.51. The zero-order valence-corrected chi connectivity index (χ0v) is 13.7. The van der Waals surface area contributed by atoms with E-state index >= 15 is 0 Å². The van der Waals surface area contributed by atoms with Crippen LogP contribution in [0.3, 0.4) is 0 Å². The molecule has 0 amide bonds. The highest BCUT2D eigenvalue weighted by molar-refractivity contribution is 9.10. The molecule has 1 nitrogen and oxygen atoms in total. The van der Waals surface area contributed by atoms with Crippen LogP contribution >= 0.6 is 27.7 Å². The third kappa shape index (κ3) is 4.29. The van der Waals surface area contributed by atoms with Crippen molar-refractivity contribution >= 4 is 33.5 Å². The number of hydrogen-bond acceptors (Lipinski definition) is 2. The van der Waals surface area contributed by atoms with Gasteiger partial charge in [-0.1, -0.05) is 24.3 Å². The molecule has 2 rings (SSSR count). The van der Waals surface area contributed by atoms with Gasteiger partial charge in [0.1, 0.15) is 5.82 Å². The van der Waals surface area contributed by atoms with Gasteiger partial charge in [-0.15, -0.1) is 18.3 Å². The number of rotatable bonds is 6. The van der Waals surface area contributed by atoms with Gasteiger partial charge in [-0.3, -0.25) is 4.79 Å². The van der Waals surface area contributed by atoms with Crippen LogP contribution in [0.5, 0.6) is 0 Å². The van der Waals surface area contributed by atoms with Crippen LogP contribution in [0.4, 0.5) is 4.39 Å². The lowest BCUT2D eigenvalue weighted by Gasteiger charge is -2.14. The van der Waals surface area contributed by atoms with E-state index in [1.165, 1.54) is 30.0 Å². The SMILES string of the molecule is C=CCC(Sc1ccccc1)C(=O)c1ccc(F)c(Br)c1. The van der Waals surface area contributed by atoms with E-state index in [4.69, 9.17) is 0 Å². The van der Waals surface area contributed by atoms with Crippen LogP contribution in [-0.4, -0.2) is 11.0 Å². The second kappa shape index (κ2) is 7.57. The molecule has 2 aromatic carbocycles. The van der Waals surface area contributed by atoms with Crippen molar-refractivity contribution in [1.82, 2.24) is 0 Å². The first-order valence-electron chi connectivity index (χ1n) is 6.43. The van der Waals surface area contributed by atoms with Crippen molar-refractivity contribution in [2.24, 2.45) is 0 Å². The van der Waals surface area contributed by atoms with Crippen molar-refractivity contribution in [3.8, 4) is 0 Å². The molecule has 0 spiro atoms. The summed E-state index contributed by atoms with van der Waals surface area (Å²) in [6.07, 6.45) is 2.30. The van der Waals surface area contributed by atoms with Crippen molar-refractivity contribution in [2.75, 3.05) is 0 Å². The molecule has 0 saturated carbocycles. The first-order valence-corrected chi connectivity index (χ1v) is 8.11. The fraction of sp³-hybridized carbons (Fsp3) is 0.118. The lowest BCUT2D eigenvalue weighted by atomic mass is 10.1. The van der Waals surface area contributed by atoms with Crippen molar-refractivity contribution in [3.63, 3.8) is 0 Å². The van der Waals surface area contributed by atoms with E-state index in [0.717, 1.165) is 4.90 Å². The van der Waals surface area contributed by atoms with Crippen LogP contribution in [-0.2, 0) is 0 Å². The first-order chi connectivity index (χ1) is 10.1. The molecular formula is C17H14BrFOS. The summed E-state index contributed by atoms with van der Waals surface area (Å²) < 4.78 is 13.6. The van der Waals surface area contributed by atoms with Gasteiger partial charge in [0.05, 0.1) is 9.72 Å². The maximum Gasteiger partial charge on any atom is 0.176 e. The molecule has 1 atom stereocenters. The Hall–Kier alpha value is -1.39. The van der Waals surface area contributed by atoms with Crippen LogP contribution in [0, 0.1) is 5.82 Å². The van der Waals surface area contributed by atoms with Gasteiger partial charge < -0.3 is 0 Å². The maximum atomic E-state index is 13.3. The second-order valence-electron chi connectivity index (χ2n) is 4.44. The van der Waals surface area contributed by atoms with Gasteiger partial charge in [-0.25, -0.2) is 4.39 Å². The molecule has 0 aliphatic rings. The fourth-order valence-electron chi connectivity index (χ4n) is 1.86. The number of benzene rings is 2. The van der Waals surface area contributed by atoms with E-state index < -0.39 is 0 Å². The summed E-state index contributed by atoms with van der Waals surface area (Å²) in [5.74, 6) is -0.396. The van der Waals surface area contributed by atoms with Gasteiger partial charge in [0, 0.05) is 10.5 Å². The van der Waals surface area contributed by atoms with Crippen LogP contribution in [0.15, 0.2) is 70.6 Å². The van der Waals surface area contributed by atoms with Crippen molar-refractivity contribution in [1.29, 1.82) is 0 Å². The summed E-state index contributed by atoms with van der Waals surface area (Å²) in [6, 6.07) is 14.1. The van der Waals surface area contributed by atoms with E-state index in [0.29, 0.717) is 16.5 Å². The molecule has 0 aromatic heterocycles. The van der Waals surface area contributed by atoms with Gasteiger partial charge in [0.25, 0.3) is 0 Å². The van der Waals surface area contributed by atoms with E-state index in [-0.39, 0.29) is 16.9 Å². The number of allylic oxidation sites excluding steroid dienone is 1. The van der Waals surface area contributed by atoms with E-state index in [9.17, 15) is 9.18 Å². The van der Waals surface area contributed by atoms with Gasteiger partial charge in [-0.2, -0.15) is 0 Å². The number of ketones is 1. The second-order valence-corrected chi connectivity index (χ2v) is 6.57. The molecule has 0 radical (unpaired) electrons. The Balaban J connectivity index is 2.22. The van der Waals surface area contributed by atoms with Crippen LogP contribution in [0.2, 0.25) is 0 Å². The highest BCUT2D eigenvalue weighted by Gasteiger charge is 2.20. The molecule has 0 heterocycles. The molecule has 0 fully saturated rings. The minimum absolute atomic E-state index is 0.0237. The summed E-state index contributed by atoms with van der Waals surface area (Å²) in [5.41, 5.74) is 0.499. The fourth-order valence-corrected chi connectivity index (χ4v) is 3.36. The highest BCUT2D eigenvalue weighted by atomic mass is 79.9. The minimum Gasteiger partial charge on any atom is -0.293 e. The number of carbonyl (C=O) groups excluding carboxylic acids is 1. The van der Waals surface area contributed by atoms with Gasteiger partial charge >= 0.3 is 0 Å². The Kier molecular flexibility index (Phi) is 5.76. The lowest BCUT2D eigenvalue weighted by molar-refractivity contribution is 0.0990. The Morgan fingerprint density at radius 1 is 1.29 bits per heavy atom. The summed E-state index contributed by atoms with van der Waals surface area (Å²) in [4.78, 5) is 13.6. The molecule has 4 heteroatoms. The van der Waals surface area contributed by atoms with Crippen molar-refractivity contribution in [2.45, 2.75) is 16.6 Å². The number of hydrogen-bond donors (Lipinski definition) is 0. The van der Waals surface area contributed by atoms with Crippen LogP contribution < -0.4 is 0 Å². The van der Waals surface area contributed by atoms with Crippen molar-refractivity contribution < 1.29 is 9.18 Å². The van der Waals surface area contributed by atoms with Crippen LogP contribution in [0.25, 0.3) is 0 Å². The summed E-state index contributed by atoms with van der Waals surface area (Å²) in [7, 11) is 0. The summed E-state index contributed by atoms with van der Waals surface area (Å²) in [5, 5.41) is -0.262. The Morgan fingerprint density at radius 3 is 2.62 bits per heavy atom. The number of carbonyl (C=O) groups is 1. The minimum atomic E-state index is -0.373. The summed E-state index contributed by atoms with van der Waals surface area (Å²) in [6.45, 7) is 3.72. The third-order valence-corrected chi connectivity index (χ3v) is 4.74. The number of thioether (sulfide) groups is 1. The molecule has 108 valence electrons. The Morgan fingerprint density at radius 2 is 2.00 bits per heavy atom. The average Bonchev–Trinajstić information content (AvgIpc) is 2.50. The molecule has 0 bridgehead atoms. The quantitative estimate of drug-likeness (QED) is 0.382. The maximum absolute atomic E-state index is 13.3. The zero-order chi connectivity index (χ0) is 15.2. The Bertz CT molecular complexity index is 642. The zero-order valence-electron chi connectivity index (χ0n) is 11.3. The van der Waals surface area contributed by atoms with Crippen LogP contribution in [0.1, 0.15) is 16.8 Å². The molecular weight excluding hydrogens is 351 g/mol. The predicted molar refractivity (Wildman–Crippen MR) is 89.3 cm³/mol. The molecule has 1 unspecified atom stereocenters. The monoisotopic (exact) mass is 364 g/mol. The topological polar surface area (TPSA) is 17.1 Å². The van der Waals surface area contributed by atoms with E-state index in [2.05, 4.69) is 22.5 Å². The number of Topliss-reactive ketones (excluding diaryl/α,β-unsaturated/α-hetero) is 1. The van der Waals surface area contributed by atoms with E-state index in [1.807, 2.05) is 30.3 Å². The molecule has 0 aliphatic heterocycles. The highest BCUT2D eigenvalue weighted by Crippen LogP contribution is 2.29. The van der Waals surface area contributed by atoms with Gasteiger partial charge in [-0.05, 0) is 52.7 Å². The van der Waals surface area contributed by atoms with Crippen molar-refractivity contribution in [3.05, 3.63) is 77.0 Å². The standard InChI is InChI=1S/C17H14BrFOS/c1-2-6-16(21-13-7-4-3-5-8-13)17(20)12-9-10-15(19)14(18)11-12/h2-5,7-11,16H,1,6H2.